The van der Waals surface area contributed by atoms with Gasteiger partial charge in [0.2, 0.25) is 11.8 Å². The highest BCUT2D eigenvalue weighted by Crippen LogP contribution is 2.32. The lowest BCUT2D eigenvalue weighted by atomic mass is 9.85. The van der Waals surface area contributed by atoms with Crippen molar-refractivity contribution < 1.29 is 9.47 Å². The topological polar surface area (TPSA) is 43.2 Å². The van der Waals surface area contributed by atoms with Gasteiger partial charge in [-0.25, -0.2) is 9.98 Å². The van der Waals surface area contributed by atoms with E-state index >= 15 is 0 Å². The summed E-state index contributed by atoms with van der Waals surface area (Å²) in [7, 11) is 0. The molecule has 2 atom stereocenters. The summed E-state index contributed by atoms with van der Waals surface area (Å²) in [4.78, 5) is 9.78. The molecular weight excluding hydrogens is 348 g/mol. The van der Waals surface area contributed by atoms with Crippen molar-refractivity contribution in [3.63, 3.8) is 0 Å². The molecule has 0 radical (unpaired) electrons. The Hall–Kier alpha value is -1.84. The molecule has 2 aliphatic rings. The summed E-state index contributed by atoms with van der Waals surface area (Å²) in [5.74, 6) is 1.47. The molecule has 0 fully saturated rings. The van der Waals surface area contributed by atoms with Crippen molar-refractivity contribution in [1.29, 1.82) is 0 Å². The highest BCUT2D eigenvalue weighted by atomic mass is 16.5. The molecule has 2 aliphatic heterocycles. The largest absolute Gasteiger partial charge is 0.475 e. The van der Waals surface area contributed by atoms with E-state index in [0.717, 1.165) is 22.9 Å². The van der Waals surface area contributed by atoms with E-state index in [0.29, 0.717) is 13.2 Å². The Balaban J connectivity index is 2.03. The zero-order chi connectivity index (χ0) is 20.9. The van der Waals surface area contributed by atoms with Gasteiger partial charge in [0, 0.05) is 11.1 Å². The molecule has 0 saturated heterocycles. The van der Waals surface area contributed by atoms with Crippen molar-refractivity contribution in [1.82, 2.24) is 0 Å². The summed E-state index contributed by atoms with van der Waals surface area (Å²) in [6, 6.07) is 6.86. The highest BCUT2D eigenvalue weighted by Gasteiger charge is 2.33. The fourth-order valence-corrected chi connectivity index (χ4v) is 3.26. The van der Waals surface area contributed by atoms with E-state index in [-0.39, 0.29) is 28.3 Å². The van der Waals surface area contributed by atoms with E-state index in [1.165, 1.54) is 5.56 Å². The Bertz CT molecular complexity index is 743. The smallest absolute Gasteiger partial charge is 0.216 e. The number of aliphatic imine (C=N–C) groups is 2. The van der Waals surface area contributed by atoms with Crippen LogP contribution >= 0.6 is 0 Å². The molecule has 2 unspecified atom stereocenters. The van der Waals surface area contributed by atoms with Crippen molar-refractivity contribution >= 4 is 11.8 Å². The zero-order valence-electron chi connectivity index (χ0n) is 19.0. The summed E-state index contributed by atoms with van der Waals surface area (Å²) >= 11 is 0. The van der Waals surface area contributed by atoms with Crippen LogP contribution in [0.1, 0.15) is 79.0 Å². The molecule has 0 saturated carbocycles. The molecule has 1 aromatic carbocycles. The number of benzene rings is 1. The van der Waals surface area contributed by atoms with Crippen LogP contribution in [0.25, 0.3) is 0 Å². The van der Waals surface area contributed by atoms with E-state index in [2.05, 4.69) is 80.5 Å². The lowest BCUT2D eigenvalue weighted by molar-refractivity contribution is 0.235. The van der Waals surface area contributed by atoms with Crippen LogP contribution in [0.3, 0.4) is 0 Å². The van der Waals surface area contributed by atoms with Crippen LogP contribution in [0.5, 0.6) is 0 Å². The molecule has 1 aromatic rings. The van der Waals surface area contributed by atoms with Crippen molar-refractivity contribution in [3.8, 4) is 0 Å². The summed E-state index contributed by atoms with van der Waals surface area (Å²) in [5.41, 5.74) is 3.45. The van der Waals surface area contributed by atoms with Gasteiger partial charge in [-0.05, 0) is 40.0 Å². The Morgan fingerprint density at radius 3 is 1.36 bits per heavy atom. The third-order valence-corrected chi connectivity index (χ3v) is 5.59. The van der Waals surface area contributed by atoms with E-state index < -0.39 is 0 Å². The van der Waals surface area contributed by atoms with E-state index in [4.69, 9.17) is 19.5 Å². The van der Waals surface area contributed by atoms with Crippen LogP contribution in [0.2, 0.25) is 0 Å². The molecular formula is C24H36N2O2. The second-order valence-electron chi connectivity index (χ2n) is 11.3. The first-order valence-electron chi connectivity index (χ1n) is 10.3. The van der Waals surface area contributed by atoms with Crippen molar-refractivity contribution in [2.24, 2.45) is 20.8 Å². The van der Waals surface area contributed by atoms with Crippen molar-refractivity contribution in [2.75, 3.05) is 13.2 Å². The number of hydrogen-bond acceptors (Lipinski definition) is 4. The van der Waals surface area contributed by atoms with Gasteiger partial charge in [0.25, 0.3) is 0 Å². The van der Waals surface area contributed by atoms with E-state index in [9.17, 15) is 0 Å². The monoisotopic (exact) mass is 384 g/mol. The lowest BCUT2D eigenvalue weighted by Gasteiger charge is -2.22. The van der Waals surface area contributed by atoms with Crippen LogP contribution in [0, 0.1) is 10.8 Å². The van der Waals surface area contributed by atoms with Crippen molar-refractivity contribution in [3.05, 3.63) is 34.9 Å². The Kier molecular flexibility index (Phi) is 5.14. The van der Waals surface area contributed by atoms with Crippen molar-refractivity contribution in [2.45, 2.75) is 79.8 Å². The third-order valence-electron chi connectivity index (χ3n) is 5.59. The number of hydrogen-bond donors (Lipinski definition) is 0. The first-order valence-corrected chi connectivity index (χ1v) is 10.3. The second-order valence-corrected chi connectivity index (χ2v) is 11.3. The first-order chi connectivity index (χ1) is 12.7. The predicted octanol–water partition coefficient (Wildman–Crippen LogP) is 5.37. The number of rotatable bonds is 2. The van der Waals surface area contributed by atoms with Crippen LogP contribution in [0.15, 0.2) is 28.2 Å². The molecule has 4 nitrogen and oxygen atoms in total. The molecule has 154 valence electrons. The summed E-state index contributed by atoms with van der Waals surface area (Å²) in [5, 5.41) is 0. The average molecular weight is 385 g/mol. The minimum Gasteiger partial charge on any atom is -0.475 e. The molecule has 0 aromatic heterocycles. The molecule has 2 heterocycles. The predicted molar refractivity (Wildman–Crippen MR) is 117 cm³/mol. The summed E-state index contributed by atoms with van der Waals surface area (Å²) in [6.45, 7) is 21.2. The molecule has 4 heteroatoms. The van der Waals surface area contributed by atoms with E-state index in [1.807, 2.05) is 0 Å². The molecule has 0 bridgehead atoms. The average Bonchev–Trinajstić information content (AvgIpc) is 3.22. The van der Waals surface area contributed by atoms with Gasteiger partial charge in [-0.15, -0.1) is 0 Å². The Labute approximate surface area is 170 Å². The normalized spacial score (nSPS) is 23.2. The Morgan fingerprint density at radius 1 is 0.679 bits per heavy atom. The quantitative estimate of drug-likeness (QED) is 0.688. The van der Waals surface area contributed by atoms with Gasteiger partial charge >= 0.3 is 0 Å². The van der Waals surface area contributed by atoms with Crippen LogP contribution in [-0.2, 0) is 14.9 Å². The first kappa shape index (κ1) is 20.9. The van der Waals surface area contributed by atoms with Gasteiger partial charge in [0.1, 0.15) is 13.2 Å². The van der Waals surface area contributed by atoms with E-state index in [1.54, 1.807) is 0 Å². The SMILES string of the molecule is CC(C)(C)c1cc(C2=NC(C(C)(C)C)CO2)cc(C2=NC(C(C)(C)C)CO2)c1. The van der Waals surface area contributed by atoms with Crippen LogP contribution in [-0.4, -0.2) is 37.1 Å². The summed E-state index contributed by atoms with van der Waals surface area (Å²) in [6.07, 6.45) is 0. The maximum Gasteiger partial charge on any atom is 0.216 e. The minimum absolute atomic E-state index is 0.00987. The minimum atomic E-state index is 0.00987. The van der Waals surface area contributed by atoms with Gasteiger partial charge in [-0.2, -0.15) is 0 Å². The Morgan fingerprint density at radius 2 is 1.07 bits per heavy atom. The van der Waals surface area contributed by atoms with Gasteiger partial charge in [-0.1, -0.05) is 62.3 Å². The fourth-order valence-electron chi connectivity index (χ4n) is 3.26. The number of nitrogens with zero attached hydrogens (tertiary/aromatic N) is 2. The van der Waals surface area contributed by atoms with Gasteiger partial charge < -0.3 is 9.47 Å². The zero-order valence-corrected chi connectivity index (χ0v) is 19.0. The fraction of sp³-hybridized carbons (Fsp3) is 0.667. The summed E-state index contributed by atoms with van der Waals surface area (Å²) < 4.78 is 12.0. The molecule has 0 N–H and O–H groups in total. The molecule has 0 spiro atoms. The third kappa shape index (κ3) is 4.42. The molecule has 0 aliphatic carbocycles. The molecule has 28 heavy (non-hydrogen) atoms. The highest BCUT2D eigenvalue weighted by molar-refractivity contribution is 6.01. The molecule has 0 amide bonds. The van der Waals surface area contributed by atoms with Gasteiger partial charge in [0.05, 0.1) is 12.1 Å². The van der Waals surface area contributed by atoms with Gasteiger partial charge in [-0.3, -0.25) is 0 Å². The maximum absolute atomic E-state index is 6.01. The number of ether oxygens (including phenoxy) is 2. The van der Waals surface area contributed by atoms with Gasteiger partial charge in [0.15, 0.2) is 0 Å². The standard InChI is InChI=1S/C24H36N2O2/c1-22(2,3)17-11-15(20-25-18(13-27-20)23(4,5)6)10-16(12-17)21-26-19(14-28-21)24(7,8)9/h10-12,18-19H,13-14H2,1-9H3. The lowest BCUT2D eigenvalue weighted by Crippen LogP contribution is -2.25. The van der Waals surface area contributed by atoms with Crippen LogP contribution < -0.4 is 0 Å². The van der Waals surface area contributed by atoms with Crippen LogP contribution in [0.4, 0.5) is 0 Å². The maximum atomic E-state index is 6.01. The molecule has 3 rings (SSSR count). The second kappa shape index (κ2) is 6.89.